The summed E-state index contributed by atoms with van der Waals surface area (Å²) in [5.41, 5.74) is 2.19. The van der Waals surface area contributed by atoms with Crippen molar-refractivity contribution in [3.63, 3.8) is 0 Å². The number of hydrogen-bond acceptors (Lipinski definition) is 11. The third-order valence-electron chi connectivity index (χ3n) is 6.90. The van der Waals surface area contributed by atoms with Crippen LogP contribution in [0.15, 0.2) is 30.6 Å². The smallest absolute Gasteiger partial charge is 0.242 e. The topological polar surface area (TPSA) is 148 Å². The van der Waals surface area contributed by atoms with Crippen LogP contribution < -0.4 is 15.0 Å². The third kappa shape index (κ3) is 6.16. The molecule has 1 amide bonds. The van der Waals surface area contributed by atoms with E-state index in [2.05, 4.69) is 30.2 Å². The number of halogens is 1. The second-order valence-corrected chi connectivity index (χ2v) is 12.6. The largest absolute Gasteiger partial charge is 0.479 e. The molecule has 5 heterocycles. The minimum absolute atomic E-state index is 0.00985. The van der Waals surface area contributed by atoms with Gasteiger partial charge in [0.15, 0.2) is 11.3 Å². The highest BCUT2D eigenvalue weighted by molar-refractivity contribution is 7.90. The van der Waals surface area contributed by atoms with Gasteiger partial charge in [0.25, 0.3) is 0 Å². The predicted molar refractivity (Wildman–Crippen MR) is 156 cm³/mol. The number of sulfone groups is 1. The van der Waals surface area contributed by atoms with Gasteiger partial charge < -0.3 is 19.5 Å². The Balaban J connectivity index is 1.34. The lowest BCUT2D eigenvalue weighted by atomic mass is 10.2. The molecule has 0 radical (unpaired) electrons. The summed E-state index contributed by atoms with van der Waals surface area (Å²) in [4.78, 5) is 38.0. The number of hydrogen-bond donors (Lipinski definition) is 1. The number of piperazine rings is 1. The van der Waals surface area contributed by atoms with Gasteiger partial charge in [-0.3, -0.25) is 9.69 Å². The van der Waals surface area contributed by atoms with Crippen LogP contribution in [0.4, 0.5) is 21.8 Å². The normalized spacial score (nSPS) is 14.6. The molecular formula is C27H32FN9O4S. The van der Waals surface area contributed by atoms with Crippen molar-refractivity contribution in [2.75, 3.05) is 55.5 Å². The number of pyridine rings is 2. The third-order valence-corrected chi connectivity index (χ3v) is 7.82. The number of amides is 1. The van der Waals surface area contributed by atoms with Gasteiger partial charge in [-0.15, -0.1) is 0 Å². The highest BCUT2D eigenvalue weighted by Crippen LogP contribution is 2.32. The van der Waals surface area contributed by atoms with Crippen LogP contribution in [0.5, 0.6) is 5.88 Å². The molecule has 4 aromatic heterocycles. The Bertz CT molecular complexity index is 1740. The second-order valence-electron chi connectivity index (χ2n) is 10.4. The summed E-state index contributed by atoms with van der Waals surface area (Å²) in [5.74, 6) is 0.766. The summed E-state index contributed by atoms with van der Waals surface area (Å²) in [7, 11) is -1.62. The van der Waals surface area contributed by atoms with Crippen molar-refractivity contribution in [1.82, 2.24) is 34.4 Å². The standard InChI is InChI=1S/C27H32FN9O4S/c1-16(2)37-17(3)31-25-21(37)12-20(32-26(25)41-4)24-19(28)14-30-27(34-24)33-22-7-6-18(13-29-22)36-9-8-35(15-23(36)38)10-11-42(5,39)40/h6-7,12-14,16H,8-11,15H2,1-5H3,(H,29,30,33,34). The van der Waals surface area contributed by atoms with E-state index in [1.807, 2.05) is 30.2 Å². The van der Waals surface area contributed by atoms with Crippen molar-refractivity contribution < 1.29 is 22.3 Å². The minimum Gasteiger partial charge on any atom is -0.479 e. The van der Waals surface area contributed by atoms with Crippen molar-refractivity contribution in [3.8, 4) is 17.3 Å². The Morgan fingerprint density at radius 1 is 1.12 bits per heavy atom. The maximum Gasteiger partial charge on any atom is 0.242 e. The minimum atomic E-state index is -3.10. The number of carbonyl (C=O) groups is 1. The number of nitrogens with one attached hydrogen (secondary N) is 1. The molecule has 13 nitrogen and oxygen atoms in total. The van der Waals surface area contributed by atoms with Gasteiger partial charge in [-0.25, -0.2) is 37.7 Å². The highest BCUT2D eigenvalue weighted by atomic mass is 32.2. The summed E-state index contributed by atoms with van der Waals surface area (Å²) >= 11 is 0. The van der Waals surface area contributed by atoms with Gasteiger partial charge in [0.05, 0.1) is 48.7 Å². The first kappa shape index (κ1) is 29.3. The molecule has 5 rings (SSSR count). The molecule has 42 heavy (non-hydrogen) atoms. The Morgan fingerprint density at radius 3 is 2.55 bits per heavy atom. The number of methoxy groups -OCH3 is 1. The van der Waals surface area contributed by atoms with E-state index in [0.29, 0.717) is 36.7 Å². The van der Waals surface area contributed by atoms with Crippen LogP contribution >= 0.6 is 0 Å². The predicted octanol–water partition coefficient (Wildman–Crippen LogP) is 2.76. The summed E-state index contributed by atoms with van der Waals surface area (Å²) in [6.07, 6.45) is 3.79. The zero-order chi connectivity index (χ0) is 30.2. The van der Waals surface area contributed by atoms with E-state index in [-0.39, 0.29) is 47.5 Å². The maximum absolute atomic E-state index is 15.0. The fourth-order valence-electron chi connectivity index (χ4n) is 4.92. The van der Waals surface area contributed by atoms with Gasteiger partial charge in [-0.1, -0.05) is 0 Å². The van der Waals surface area contributed by atoms with Crippen molar-refractivity contribution in [2.45, 2.75) is 26.8 Å². The Hall–Kier alpha value is -4.24. The van der Waals surface area contributed by atoms with E-state index in [1.165, 1.54) is 13.4 Å². The molecule has 0 aliphatic carbocycles. The molecule has 1 N–H and O–H groups in total. The van der Waals surface area contributed by atoms with Gasteiger partial charge in [0.2, 0.25) is 17.7 Å². The number of anilines is 3. The van der Waals surface area contributed by atoms with E-state index in [0.717, 1.165) is 17.5 Å². The van der Waals surface area contributed by atoms with E-state index in [4.69, 9.17) is 4.74 Å². The van der Waals surface area contributed by atoms with Gasteiger partial charge in [0, 0.05) is 31.9 Å². The first-order valence-corrected chi connectivity index (χ1v) is 15.4. The van der Waals surface area contributed by atoms with Gasteiger partial charge >= 0.3 is 0 Å². The van der Waals surface area contributed by atoms with Crippen molar-refractivity contribution in [1.29, 1.82) is 0 Å². The molecule has 0 spiro atoms. The lowest BCUT2D eigenvalue weighted by molar-refractivity contribution is -0.121. The number of ether oxygens (including phenoxy) is 1. The number of fused-ring (bicyclic) bond motifs is 1. The van der Waals surface area contributed by atoms with Crippen LogP contribution in [0.2, 0.25) is 0 Å². The molecule has 1 aliphatic rings. The maximum atomic E-state index is 15.0. The molecule has 0 unspecified atom stereocenters. The quantitative estimate of drug-likeness (QED) is 0.304. The Labute approximate surface area is 242 Å². The first-order chi connectivity index (χ1) is 19.9. The molecular weight excluding hydrogens is 565 g/mol. The highest BCUT2D eigenvalue weighted by Gasteiger charge is 2.26. The lowest BCUT2D eigenvalue weighted by Crippen LogP contribution is -2.51. The average Bonchev–Trinajstić information content (AvgIpc) is 3.28. The van der Waals surface area contributed by atoms with Crippen LogP contribution in [0, 0.1) is 12.7 Å². The molecule has 0 bridgehead atoms. The van der Waals surface area contributed by atoms with E-state index in [1.54, 1.807) is 29.3 Å². The molecule has 15 heteroatoms. The Kier molecular flexibility index (Phi) is 8.06. The second kappa shape index (κ2) is 11.6. The Morgan fingerprint density at radius 2 is 1.90 bits per heavy atom. The van der Waals surface area contributed by atoms with Gasteiger partial charge in [0.1, 0.15) is 27.2 Å². The molecule has 0 atom stereocenters. The number of imidazole rings is 1. The molecule has 0 saturated carbocycles. The van der Waals surface area contributed by atoms with Crippen LogP contribution in [-0.2, 0) is 14.6 Å². The monoisotopic (exact) mass is 597 g/mol. The van der Waals surface area contributed by atoms with Crippen molar-refractivity contribution in [2.24, 2.45) is 0 Å². The number of aromatic nitrogens is 6. The number of nitrogens with zero attached hydrogens (tertiary/aromatic N) is 8. The zero-order valence-electron chi connectivity index (χ0n) is 24.0. The first-order valence-electron chi connectivity index (χ1n) is 13.3. The molecule has 4 aromatic rings. The van der Waals surface area contributed by atoms with E-state index < -0.39 is 15.7 Å². The summed E-state index contributed by atoms with van der Waals surface area (Å²) in [5, 5.41) is 2.97. The van der Waals surface area contributed by atoms with Crippen LogP contribution in [-0.4, -0.2) is 94.0 Å². The van der Waals surface area contributed by atoms with Gasteiger partial charge in [-0.2, -0.15) is 0 Å². The van der Waals surface area contributed by atoms with E-state index in [9.17, 15) is 17.6 Å². The summed E-state index contributed by atoms with van der Waals surface area (Å²) in [6, 6.07) is 5.25. The van der Waals surface area contributed by atoms with Crippen LogP contribution in [0.1, 0.15) is 25.7 Å². The fourth-order valence-corrected chi connectivity index (χ4v) is 5.51. The molecule has 1 aliphatic heterocycles. The number of carbonyl (C=O) groups excluding carboxylic acids is 1. The molecule has 1 saturated heterocycles. The average molecular weight is 598 g/mol. The number of rotatable bonds is 9. The zero-order valence-corrected chi connectivity index (χ0v) is 24.8. The molecule has 0 aromatic carbocycles. The molecule has 222 valence electrons. The van der Waals surface area contributed by atoms with Crippen LogP contribution in [0.25, 0.3) is 22.4 Å². The number of aryl methyl sites for hydroxylation is 1. The van der Waals surface area contributed by atoms with Crippen LogP contribution in [0.3, 0.4) is 0 Å². The van der Waals surface area contributed by atoms with Crippen molar-refractivity contribution in [3.05, 3.63) is 42.2 Å². The molecule has 1 fully saturated rings. The lowest BCUT2D eigenvalue weighted by Gasteiger charge is -2.34. The van der Waals surface area contributed by atoms with Gasteiger partial charge in [-0.05, 0) is 39.0 Å². The summed E-state index contributed by atoms with van der Waals surface area (Å²) in [6.45, 7) is 7.37. The fraction of sp³-hybridized carbons (Fsp3) is 0.407. The van der Waals surface area contributed by atoms with E-state index >= 15 is 0 Å². The van der Waals surface area contributed by atoms with Crippen molar-refractivity contribution >= 4 is 44.2 Å². The summed E-state index contributed by atoms with van der Waals surface area (Å²) < 4.78 is 45.4. The SMILES string of the molecule is COc1nc(-c2nc(Nc3ccc(N4CCN(CCS(C)(=O)=O)CC4=O)cn3)ncc2F)cc2c1nc(C)n2C(C)C.